The van der Waals surface area contributed by atoms with E-state index in [1.165, 1.54) is 6.07 Å². The van der Waals surface area contributed by atoms with E-state index in [0.29, 0.717) is 18.7 Å². The van der Waals surface area contributed by atoms with E-state index in [1.807, 2.05) is 36.2 Å². The van der Waals surface area contributed by atoms with Crippen molar-refractivity contribution >= 4 is 0 Å². The number of allylic oxidation sites excluding steroid dienone is 2. The molecule has 0 spiro atoms. The van der Waals surface area contributed by atoms with Crippen LogP contribution < -0.4 is 5.73 Å². The Hall–Kier alpha value is -3.14. The second kappa shape index (κ2) is 6.06. The Bertz CT molecular complexity index is 895. The minimum Gasteiger partial charge on any atom is -0.399 e. The zero-order valence-corrected chi connectivity index (χ0v) is 13.7. The molecule has 0 saturated heterocycles. The zero-order chi connectivity index (χ0) is 18.2. The largest absolute Gasteiger partial charge is 0.399 e. The number of hydrogen-bond donors (Lipinski definition) is 1. The van der Waals surface area contributed by atoms with E-state index < -0.39 is 17.2 Å². The minimum absolute atomic E-state index is 0.0830. The molecule has 5 nitrogen and oxygen atoms in total. The van der Waals surface area contributed by atoms with Crippen molar-refractivity contribution in [3.8, 4) is 18.2 Å². The predicted molar refractivity (Wildman–Crippen MR) is 88.7 cm³/mol. The van der Waals surface area contributed by atoms with Crippen LogP contribution >= 0.6 is 0 Å². The lowest BCUT2D eigenvalue weighted by Crippen LogP contribution is -2.47. The standard InChI is InChI=1S/C19H16FN5/c1-25-7-6-12-14(8-21)18(24)19(10-22,11-23)17(15(12)9-25)13-4-2-3-5-16(13)20/h2-6,15,17H,7,9,24H2,1H3/t15-,17-/m1/s1. The Balaban J connectivity index is 2.37. The van der Waals surface area contributed by atoms with Crippen LogP contribution in [0.15, 0.2) is 47.2 Å². The molecule has 1 aliphatic carbocycles. The van der Waals surface area contributed by atoms with Gasteiger partial charge in [-0.2, -0.15) is 15.8 Å². The second-order valence-electron chi connectivity index (χ2n) is 6.42. The third kappa shape index (κ3) is 2.30. The summed E-state index contributed by atoms with van der Waals surface area (Å²) in [6.45, 7) is 1.13. The van der Waals surface area contributed by atoms with Crippen molar-refractivity contribution in [2.75, 3.05) is 20.1 Å². The van der Waals surface area contributed by atoms with Crippen LogP contribution in [0.1, 0.15) is 11.5 Å². The summed E-state index contributed by atoms with van der Waals surface area (Å²) in [6, 6.07) is 12.2. The van der Waals surface area contributed by atoms with Gasteiger partial charge in [0.05, 0.1) is 23.4 Å². The average Bonchev–Trinajstić information content (AvgIpc) is 2.62. The van der Waals surface area contributed by atoms with Crippen LogP contribution in [0.25, 0.3) is 0 Å². The first kappa shape index (κ1) is 16.7. The molecule has 0 aromatic heterocycles. The fourth-order valence-electron chi connectivity index (χ4n) is 3.90. The van der Waals surface area contributed by atoms with Crippen molar-refractivity contribution in [2.24, 2.45) is 17.1 Å². The lowest BCUT2D eigenvalue weighted by atomic mass is 9.58. The molecule has 124 valence electrons. The van der Waals surface area contributed by atoms with E-state index in [-0.39, 0.29) is 22.8 Å². The van der Waals surface area contributed by atoms with Crippen LogP contribution in [0, 0.1) is 51.1 Å². The Kier molecular flexibility index (Phi) is 4.05. The highest BCUT2D eigenvalue weighted by Crippen LogP contribution is 2.54. The van der Waals surface area contributed by atoms with Gasteiger partial charge in [0, 0.05) is 24.9 Å². The van der Waals surface area contributed by atoms with Crippen molar-refractivity contribution in [1.82, 2.24) is 4.90 Å². The maximum absolute atomic E-state index is 14.6. The zero-order valence-electron chi connectivity index (χ0n) is 13.7. The number of nitrogens with two attached hydrogens (primary N) is 1. The SMILES string of the molecule is CN1CC=C2C(C#N)=C(N)C(C#N)(C#N)[C@H](c3ccccc3F)[C@@H]2C1. The molecule has 2 N–H and O–H groups in total. The average molecular weight is 333 g/mol. The van der Waals surface area contributed by atoms with E-state index in [9.17, 15) is 20.2 Å². The van der Waals surface area contributed by atoms with Crippen LogP contribution in [0.3, 0.4) is 0 Å². The molecule has 6 heteroatoms. The highest BCUT2D eigenvalue weighted by Gasteiger charge is 2.54. The smallest absolute Gasteiger partial charge is 0.191 e. The highest BCUT2D eigenvalue weighted by atomic mass is 19.1. The van der Waals surface area contributed by atoms with Gasteiger partial charge in [-0.1, -0.05) is 24.3 Å². The van der Waals surface area contributed by atoms with Gasteiger partial charge in [-0.05, 0) is 24.3 Å². The summed E-state index contributed by atoms with van der Waals surface area (Å²) >= 11 is 0. The molecule has 3 rings (SSSR count). The summed E-state index contributed by atoms with van der Waals surface area (Å²) in [4.78, 5) is 2.01. The summed E-state index contributed by atoms with van der Waals surface area (Å²) in [5.74, 6) is -1.63. The van der Waals surface area contributed by atoms with Crippen LogP contribution in [0.4, 0.5) is 4.39 Å². The van der Waals surface area contributed by atoms with Gasteiger partial charge < -0.3 is 10.6 Å². The predicted octanol–water partition coefficient (Wildman–Crippen LogP) is 2.18. The second-order valence-corrected chi connectivity index (χ2v) is 6.42. The van der Waals surface area contributed by atoms with Crippen molar-refractivity contribution in [3.05, 3.63) is 58.6 Å². The molecule has 0 saturated carbocycles. The van der Waals surface area contributed by atoms with Crippen molar-refractivity contribution < 1.29 is 4.39 Å². The Morgan fingerprint density at radius 3 is 2.52 bits per heavy atom. The van der Waals surface area contributed by atoms with E-state index in [1.54, 1.807) is 18.2 Å². The Labute approximate surface area is 145 Å². The molecule has 1 aromatic carbocycles. The molecule has 2 atom stereocenters. The van der Waals surface area contributed by atoms with Crippen LogP contribution in [-0.4, -0.2) is 25.0 Å². The van der Waals surface area contributed by atoms with Crippen molar-refractivity contribution in [2.45, 2.75) is 5.92 Å². The first-order valence-electron chi connectivity index (χ1n) is 7.86. The van der Waals surface area contributed by atoms with E-state index >= 15 is 0 Å². The topological polar surface area (TPSA) is 101 Å². The molecule has 0 amide bonds. The highest BCUT2D eigenvalue weighted by molar-refractivity contribution is 5.59. The molecule has 2 aliphatic rings. The van der Waals surface area contributed by atoms with Crippen molar-refractivity contribution in [3.63, 3.8) is 0 Å². The maximum atomic E-state index is 14.6. The molecule has 0 bridgehead atoms. The fourth-order valence-corrected chi connectivity index (χ4v) is 3.90. The van der Waals surface area contributed by atoms with Gasteiger partial charge in [-0.25, -0.2) is 4.39 Å². The lowest BCUT2D eigenvalue weighted by molar-refractivity contribution is 0.234. The van der Waals surface area contributed by atoms with Gasteiger partial charge in [0.15, 0.2) is 5.41 Å². The molecule has 25 heavy (non-hydrogen) atoms. The molecule has 1 heterocycles. The number of fused-ring (bicyclic) bond motifs is 1. The number of halogens is 1. The molecular weight excluding hydrogens is 317 g/mol. The van der Waals surface area contributed by atoms with Gasteiger partial charge >= 0.3 is 0 Å². The quantitative estimate of drug-likeness (QED) is 0.849. The number of nitriles is 3. The van der Waals surface area contributed by atoms with Crippen LogP contribution in [0.5, 0.6) is 0 Å². The van der Waals surface area contributed by atoms with Crippen LogP contribution in [-0.2, 0) is 0 Å². The summed E-state index contributed by atoms with van der Waals surface area (Å²) in [5.41, 5.74) is 5.43. The first-order valence-corrected chi connectivity index (χ1v) is 7.86. The number of benzene rings is 1. The van der Waals surface area contributed by atoms with Crippen LogP contribution in [0.2, 0.25) is 0 Å². The van der Waals surface area contributed by atoms with Gasteiger partial charge in [-0.15, -0.1) is 0 Å². The third-order valence-electron chi connectivity index (χ3n) is 5.09. The van der Waals surface area contributed by atoms with Gasteiger partial charge in [0.1, 0.15) is 11.9 Å². The first-order chi connectivity index (χ1) is 12.0. The fraction of sp³-hybridized carbons (Fsp3) is 0.316. The van der Waals surface area contributed by atoms with E-state index in [0.717, 1.165) is 0 Å². The lowest BCUT2D eigenvalue weighted by Gasteiger charge is -2.45. The Morgan fingerprint density at radius 2 is 1.92 bits per heavy atom. The minimum atomic E-state index is -1.78. The number of rotatable bonds is 1. The Morgan fingerprint density at radius 1 is 1.24 bits per heavy atom. The molecule has 0 unspecified atom stereocenters. The molecular formula is C19H16FN5. The van der Waals surface area contributed by atoms with Gasteiger partial charge in [-0.3, -0.25) is 0 Å². The molecule has 0 fully saturated rings. The normalized spacial score (nSPS) is 25.2. The number of hydrogen-bond acceptors (Lipinski definition) is 5. The third-order valence-corrected chi connectivity index (χ3v) is 5.09. The summed E-state index contributed by atoms with van der Waals surface area (Å²) < 4.78 is 14.6. The van der Waals surface area contributed by atoms with Gasteiger partial charge in [0.25, 0.3) is 0 Å². The number of nitrogens with zero attached hydrogens (tertiary/aromatic N) is 4. The van der Waals surface area contributed by atoms with E-state index in [2.05, 4.69) is 0 Å². The van der Waals surface area contributed by atoms with Crippen molar-refractivity contribution in [1.29, 1.82) is 15.8 Å². The summed E-state index contributed by atoms with van der Waals surface area (Å²) in [7, 11) is 1.90. The molecule has 1 aromatic rings. The maximum Gasteiger partial charge on any atom is 0.191 e. The summed E-state index contributed by atoms with van der Waals surface area (Å²) in [5, 5.41) is 29.3. The monoisotopic (exact) mass is 333 g/mol. The molecule has 1 aliphatic heterocycles. The number of likely N-dealkylation sites (N-methyl/N-ethyl adjacent to an activating group) is 1. The van der Waals surface area contributed by atoms with Gasteiger partial charge in [0.2, 0.25) is 0 Å². The molecule has 0 radical (unpaired) electrons. The summed E-state index contributed by atoms with van der Waals surface area (Å²) in [6.07, 6.45) is 1.88. The van der Waals surface area contributed by atoms with E-state index in [4.69, 9.17) is 5.73 Å².